The van der Waals surface area contributed by atoms with Crippen LogP contribution in [0, 0.1) is 17.8 Å². The normalized spacial score (nSPS) is 29.8. The molecule has 4 nitrogen and oxygen atoms in total. The lowest BCUT2D eigenvalue weighted by Gasteiger charge is -2.20. The molecule has 0 aromatic heterocycles. The maximum atomic E-state index is 12.2. The minimum atomic E-state index is -0.268. The Kier molecular flexibility index (Phi) is 5.22. The first-order valence-electron chi connectivity index (χ1n) is 8.18. The van der Waals surface area contributed by atoms with Crippen LogP contribution in [0.1, 0.15) is 46.5 Å². The van der Waals surface area contributed by atoms with Crippen molar-refractivity contribution >= 4 is 11.7 Å². The molecular weight excluding hydrogens is 278 g/mol. The highest BCUT2D eigenvalue weighted by atomic mass is 16.3. The Morgan fingerprint density at radius 1 is 1.41 bits per heavy atom. The van der Waals surface area contributed by atoms with Crippen molar-refractivity contribution in [1.29, 1.82) is 0 Å². The molecule has 22 heavy (non-hydrogen) atoms. The summed E-state index contributed by atoms with van der Waals surface area (Å²) in [5, 5.41) is 11.8. The largest absolute Gasteiger partial charge is 0.394 e. The maximum Gasteiger partial charge on any atom is 0.247 e. The number of carbonyl (C=O) groups excluding carboxylic acids is 2. The third-order valence-electron chi connectivity index (χ3n) is 5.31. The van der Waals surface area contributed by atoms with Crippen LogP contribution >= 0.6 is 0 Å². The molecule has 4 atom stereocenters. The van der Waals surface area contributed by atoms with Crippen molar-refractivity contribution in [3.63, 3.8) is 0 Å². The van der Waals surface area contributed by atoms with Crippen LogP contribution in [-0.2, 0) is 9.59 Å². The van der Waals surface area contributed by atoms with E-state index in [2.05, 4.69) is 18.8 Å². The van der Waals surface area contributed by atoms with E-state index < -0.39 is 0 Å². The van der Waals surface area contributed by atoms with Crippen LogP contribution in [0.3, 0.4) is 0 Å². The Bertz CT molecular complexity index is 520. The zero-order chi connectivity index (χ0) is 16.4. The highest BCUT2D eigenvalue weighted by Crippen LogP contribution is 2.45. The standard InChI is InChI=1S/C18H27NO3/c1-10-5-6-14(12(3)18(22)19-11(2)9-20)7-16-13(4)17(21)8-15(10)16/h10-11,14-15,20H,3,5-9H2,1-2,4H3,(H,19,22)/t10?,11?,14-,15?/m0/s1. The van der Waals surface area contributed by atoms with E-state index in [-0.39, 0.29) is 30.3 Å². The van der Waals surface area contributed by atoms with Crippen molar-refractivity contribution in [1.82, 2.24) is 5.32 Å². The van der Waals surface area contributed by atoms with Gasteiger partial charge in [0.1, 0.15) is 0 Å². The molecule has 2 aliphatic carbocycles. The Morgan fingerprint density at radius 2 is 2.09 bits per heavy atom. The molecule has 2 N–H and O–H groups in total. The number of fused-ring (bicyclic) bond motifs is 1. The van der Waals surface area contributed by atoms with E-state index in [0.29, 0.717) is 23.8 Å². The third-order valence-corrected chi connectivity index (χ3v) is 5.31. The molecule has 0 aliphatic heterocycles. The van der Waals surface area contributed by atoms with Crippen LogP contribution in [0.4, 0.5) is 0 Å². The lowest BCUT2D eigenvalue weighted by atomic mass is 9.86. The van der Waals surface area contributed by atoms with Crippen molar-refractivity contribution < 1.29 is 14.7 Å². The highest BCUT2D eigenvalue weighted by Gasteiger charge is 2.37. The lowest BCUT2D eigenvalue weighted by molar-refractivity contribution is -0.119. The van der Waals surface area contributed by atoms with Crippen molar-refractivity contribution in [2.75, 3.05) is 6.61 Å². The second kappa shape index (κ2) is 6.78. The second-order valence-corrected chi connectivity index (χ2v) is 6.92. The molecule has 0 heterocycles. The number of aliphatic hydroxyl groups excluding tert-OH is 1. The monoisotopic (exact) mass is 305 g/mol. The molecule has 0 aromatic carbocycles. The SMILES string of the molecule is C=C(C(=O)NC(C)CO)[C@H]1CCC(C)C2CC(=O)C(C)=C2C1. The van der Waals surface area contributed by atoms with E-state index in [9.17, 15) is 9.59 Å². The molecule has 1 fully saturated rings. The van der Waals surface area contributed by atoms with E-state index in [4.69, 9.17) is 5.11 Å². The number of aliphatic hydroxyl groups is 1. The number of Topliss-reactive ketones (excluding diaryl/α,β-unsaturated/α-hetero) is 1. The number of allylic oxidation sites excluding steroid dienone is 2. The number of ketones is 1. The second-order valence-electron chi connectivity index (χ2n) is 6.92. The molecule has 1 saturated carbocycles. The number of carbonyl (C=O) groups is 2. The van der Waals surface area contributed by atoms with E-state index in [1.54, 1.807) is 6.92 Å². The first-order chi connectivity index (χ1) is 10.3. The summed E-state index contributed by atoms with van der Waals surface area (Å²) >= 11 is 0. The number of rotatable bonds is 4. The van der Waals surface area contributed by atoms with Crippen LogP contribution in [0.2, 0.25) is 0 Å². The van der Waals surface area contributed by atoms with E-state index in [1.165, 1.54) is 5.57 Å². The van der Waals surface area contributed by atoms with Gasteiger partial charge in [-0.15, -0.1) is 0 Å². The molecule has 2 rings (SSSR count). The molecule has 2 aliphatic rings. The lowest BCUT2D eigenvalue weighted by Crippen LogP contribution is -2.37. The van der Waals surface area contributed by atoms with Crippen LogP contribution < -0.4 is 5.32 Å². The zero-order valence-corrected chi connectivity index (χ0v) is 13.8. The van der Waals surface area contributed by atoms with Crippen molar-refractivity contribution in [3.05, 3.63) is 23.3 Å². The molecule has 0 radical (unpaired) electrons. The van der Waals surface area contributed by atoms with Gasteiger partial charge in [-0.2, -0.15) is 0 Å². The first kappa shape index (κ1) is 16.9. The van der Waals surface area contributed by atoms with Crippen LogP contribution in [0.25, 0.3) is 0 Å². The highest BCUT2D eigenvalue weighted by molar-refractivity contribution is 5.99. The average molecular weight is 305 g/mol. The minimum Gasteiger partial charge on any atom is -0.394 e. The van der Waals surface area contributed by atoms with Gasteiger partial charge in [0.05, 0.1) is 6.61 Å². The number of hydrogen-bond acceptors (Lipinski definition) is 3. The smallest absolute Gasteiger partial charge is 0.247 e. The summed E-state index contributed by atoms with van der Waals surface area (Å²) in [4.78, 5) is 24.2. The average Bonchev–Trinajstić information content (AvgIpc) is 2.67. The zero-order valence-electron chi connectivity index (χ0n) is 13.8. The molecule has 1 amide bonds. The fraction of sp³-hybridized carbons (Fsp3) is 0.667. The van der Waals surface area contributed by atoms with Crippen LogP contribution in [-0.4, -0.2) is 29.4 Å². The molecule has 0 spiro atoms. The topological polar surface area (TPSA) is 66.4 Å². The molecule has 0 saturated heterocycles. The Labute approximate surface area is 132 Å². The van der Waals surface area contributed by atoms with Gasteiger partial charge in [0.25, 0.3) is 0 Å². The molecule has 4 heteroatoms. The number of amides is 1. The molecule has 0 bridgehead atoms. The Balaban J connectivity index is 2.14. The summed E-state index contributed by atoms with van der Waals surface area (Å²) in [5.74, 6) is 1.00. The van der Waals surface area contributed by atoms with Gasteiger partial charge in [-0.1, -0.05) is 19.1 Å². The van der Waals surface area contributed by atoms with Gasteiger partial charge in [-0.3, -0.25) is 9.59 Å². The summed E-state index contributed by atoms with van der Waals surface area (Å²) in [7, 11) is 0. The first-order valence-corrected chi connectivity index (χ1v) is 8.18. The van der Waals surface area contributed by atoms with Gasteiger partial charge >= 0.3 is 0 Å². The molecule has 122 valence electrons. The van der Waals surface area contributed by atoms with Gasteiger partial charge in [0.15, 0.2) is 5.78 Å². The predicted molar refractivity (Wildman–Crippen MR) is 86.1 cm³/mol. The van der Waals surface area contributed by atoms with Gasteiger partial charge < -0.3 is 10.4 Å². The van der Waals surface area contributed by atoms with Crippen molar-refractivity contribution in [2.45, 2.75) is 52.5 Å². The molecular formula is C18H27NO3. The molecule has 0 aromatic rings. The van der Waals surface area contributed by atoms with Crippen molar-refractivity contribution in [2.24, 2.45) is 17.8 Å². The van der Waals surface area contributed by atoms with Gasteiger partial charge in [-0.25, -0.2) is 0 Å². The third kappa shape index (κ3) is 3.32. The van der Waals surface area contributed by atoms with Crippen LogP contribution in [0.15, 0.2) is 23.3 Å². The van der Waals surface area contributed by atoms with E-state index >= 15 is 0 Å². The summed E-state index contributed by atoms with van der Waals surface area (Å²) < 4.78 is 0. The fourth-order valence-electron chi connectivity index (χ4n) is 3.66. The quantitative estimate of drug-likeness (QED) is 0.784. The number of hydrogen-bond donors (Lipinski definition) is 2. The maximum absolute atomic E-state index is 12.2. The summed E-state index contributed by atoms with van der Waals surface area (Å²) in [6.45, 7) is 9.79. The van der Waals surface area contributed by atoms with Crippen LogP contribution in [0.5, 0.6) is 0 Å². The van der Waals surface area contributed by atoms with E-state index in [1.807, 2.05) is 6.92 Å². The summed E-state index contributed by atoms with van der Waals surface area (Å²) in [6, 6.07) is -0.268. The van der Waals surface area contributed by atoms with Gasteiger partial charge in [-0.05, 0) is 56.4 Å². The Morgan fingerprint density at radius 3 is 2.73 bits per heavy atom. The summed E-state index contributed by atoms with van der Waals surface area (Å²) in [6.07, 6.45) is 3.35. The fourth-order valence-corrected chi connectivity index (χ4v) is 3.66. The number of nitrogens with one attached hydrogen (secondary N) is 1. The Hall–Kier alpha value is -1.42. The molecule has 3 unspecified atom stereocenters. The predicted octanol–water partition coefficient (Wildman–Crippen LogP) is 2.38. The summed E-state index contributed by atoms with van der Waals surface area (Å²) in [5.41, 5.74) is 2.72. The van der Waals surface area contributed by atoms with E-state index in [0.717, 1.165) is 24.8 Å². The van der Waals surface area contributed by atoms with Crippen molar-refractivity contribution in [3.8, 4) is 0 Å². The van der Waals surface area contributed by atoms with Gasteiger partial charge in [0, 0.05) is 18.0 Å². The minimum absolute atomic E-state index is 0.0818. The van der Waals surface area contributed by atoms with Gasteiger partial charge in [0.2, 0.25) is 5.91 Å².